The molecule has 3 rings (SSSR count). The molecule has 2 aromatic carbocycles. The number of amides is 1. The number of carbonyl (C=O) groups excluding carboxylic acids is 1. The molecule has 2 aromatic rings. The van der Waals surface area contributed by atoms with Crippen LogP contribution in [0.15, 0.2) is 59.6 Å². The zero-order valence-electron chi connectivity index (χ0n) is 13.3. The van der Waals surface area contributed by atoms with E-state index in [-0.39, 0.29) is 18.9 Å². The van der Waals surface area contributed by atoms with Crippen molar-refractivity contribution in [3.63, 3.8) is 0 Å². The van der Waals surface area contributed by atoms with Gasteiger partial charge in [0, 0.05) is 17.7 Å². The molecule has 122 valence electrons. The molecule has 0 bridgehead atoms. The number of hydrogen-bond donors (Lipinski definition) is 1. The Labute approximate surface area is 140 Å². The van der Waals surface area contributed by atoms with E-state index in [1.807, 2.05) is 54.6 Å². The van der Waals surface area contributed by atoms with E-state index in [1.54, 1.807) is 6.92 Å². The number of rotatable bonds is 4. The fourth-order valence-corrected chi connectivity index (χ4v) is 2.84. The van der Waals surface area contributed by atoms with Gasteiger partial charge in [-0.2, -0.15) is 0 Å². The Bertz CT molecular complexity index is 799. The van der Waals surface area contributed by atoms with Crippen LogP contribution in [-0.4, -0.2) is 35.3 Å². The highest BCUT2D eigenvalue weighted by molar-refractivity contribution is 6.20. The van der Waals surface area contributed by atoms with Crippen LogP contribution in [0.1, 0.15) is 24.5 Å². The molecule has 1 aliphatic rings. The molecule has 1 aliphatic heterocycles. The van der Waals surface area contributed by atoms with Gasteiger partial charge in [0.15, 0.2) is 0 Å². The van der Waals surface area contributed by atoms with Crippen molar-refractivity contribution in [1.29, 1.82) is 0 Å². The molecule has 0 radical (unpaired) electrons. The monoisotopic (exact) mass is 322 g/mol. The lowest BCUT2D eigenvalue weighted by Gasteiger charge is -2.23. The fourth-order valence-electron chi connectivity index (χ4n) is 2.84. The highest BCUT2D eigenvalue weighted by Gasteiger charge is 2.29. The summed E-state index contributed by atoms with van der Waals surface area (Å²) >= 11 is 0. The molecule has 0 aliphatic carbocycles. The Balaban J connectivity index is 2.12. The molecule has 5 nitrogen and oxygen atoms in total. The number of fused-ring (bicyclic) bond motifs is 1. The number of carboxylic acids is 1. The van der Waals surface area contributed by atoms with Gasteiger partial charge < -0.3 is 10.0 Å². The number of hydrogen-bond acceptors (Lipinski definition) is 3. The summed E-state index contributed by atoms with van der Waals surface area (Å²) in [4.78, 5) is 29.8. The molecule has 1 heterocycles. The Kier molecular flexibility index (Phi) is 4.42. The van der Waals surface area contributed by atoms with E-state index in [0.29, 0.717) is 5.69 Å². The van der Waals surface area contributed by atoms with Gasteiger partial charge in [0.25, 0.3) is 5.91 Å². The first-order valence-corrected chi connectivity index (χ1v) is 7.83. The maximum absolute atomic E-state index is 12.7. The molecule has 1 unspecified atom stereocenters. The van der Waals surface area contributed by atoms with Gasteiger partial charge in [-0.15, -0.1) is 0 Å². The first-order chi connectivity index (χ1) is 11.6. The van der Waals surface area contributed by atoms with Gasteiger partial charge in [-0.25, -0.2) is 0 Å². The van der Waals surface area contributed by atoms with Crippen LogP contribution >= 0.6 is 0 Å². The van der Waals surface area contributed by atoms with E-state index < -0.39 is 12.0 Å². The summed E-state index contributed by atoms with van der Waals surface area (Å²) < 4.78 is 0. The van der Waals surface area contributed by atoms with Crippen molar-refractivity contribution in [3.8, 4) is 0 Å². The van der Waals surface area contributed by atoms with Crippen molar-refractivity contribution < 1.29 is 14.7 Å². The van der Waals surface area contributed by atoms with Crippen molar-refractivity contribution in [1.82, 2.24) is 0 Å². The molecule has 24 heavy (non-hydrogen) atoms. The minimum absolute atomic E-state index is 0.104. The lowest BCUT2D eigenvalue weighted by molar-refractivity contribution is -0.136. The van der Waals surface area contributed by atoms with E-state index >= 15 is 0 Å². The summed E-state index contributed by atoms with van der Waals surface area (Å²) in [5, 5.41) is 8.98. The van der Waals surface area contributed by atoms with Crippen LogP contribution in [0, 0.1) is 0 Å². The molecule has 1 amide bonds. The SMILES string of the molecule is CC1N=C(c2ccccc2)c2ccccc2N(CCC(=O)O)C1=O. The zero-order valence-corrected chi connectivity index (χ0v) is 13.3. The molecular weight excluding hydrogens is 304 g/mol. The van der Waals surface area contributed by atoms with Crippen molar-refractivity contribution >= 4 is 23.3 Å². The molecule has 0 aromatic heterocycles. The van der Waals surface area contributed by atoms with E-state index in [1.165, 1.54) is 4.90 Å². The second kappa shape index (κ2) is 6.66. The topological polar surface area (TPSA) is 70.0 Å². The van der Waals surface area contributed by atoms with E-state index in [9.17, 15) is 9.59 Å². The van der Waals surface area contributed by atoms with Crippen molar-refractivity contribution in [2.75, 3.05) is 11.4 Å². The summed E-state index contributed by atoms with van der Waals surface area (Å²) in [6.45, 7) is 1.87. The maximum Gasteiger partial charge on any atom is 0.305 e. The number of carboxylic acid groups (broad SMARTS) is 1. The molecule has 5 heteroatoms. The van der Waals surface area contributed by atoms with Gasteiger partial charge >= 0.3 is 5.97 Å². The predicted octanol–water partition coefficient (Wildman–Crippen LogP) is 2.73. The first-order valence-electron chi connectivity index (χ1n) is 7.83. The maximum atomic E-state index is 12.7. The van der Waals surface area contributed by atoms with E-state index in [2.05, 4.69) is 4.99 Å². The Morgan fingerprint density at radius 1 is 1.12 bits per heavy atom. The van der Waals surface area contributed by atoms with Crippen molar-refractivity contribution in [2.45, 2.75) is 19.4 Å². The van der Waals surface area contributed by atoms with Crippen LogP contribution in [0.3, 0.4) is 0 Å². The van der Waals surface area contributed by atoms with Crippen LogP contribution in [0.2, 0.25) is 0 Å². The standard InChI is InChI=1S/C19H18N2O3/c1-13-19(24)21(12-11-17(22)23)16-10-6-5-9-15(16)18(20-13)14-7-3-2-4-8-14/h2-10,13H,11-12H2,1H3,(H,22,23). The van der Waals surface area contributed by atoms with Crippen LogP contribution in [0.4, 0.5) is 5.69 Å². The minimum atomic E-state index is -0.929. The third-order valence-corrected chi connectivity index (χ3v) is 3.99. The number of aliphatic imine (C=N–C) groups is 1. The van der Waals surface area contributed by atoms with Gasteiger partial charge in [-0.05, 0) is 13.0 Å². The summed E-state index contributed by atoms with van der Waals surface area (Å²) in [6, 6.07) is 16.6. The summed E-state index contributed by atoms with van der Waals surface area (Å²) in [6.07, 6.45) is -0.104. The van der Waals surface area contributed by atoms with Gasteiger partial charge in [0.2, 0.25) is 0 Å². The third kappa shape index (κ3) is 3.06. The Morgan fingerprint density at radius 3 is 2.50 bits per heavy atom. The second-order valence-corrected chi connectivity index (χ2v) is 5.67. The average Bonchev–Trinajstić information content (AvgIpc) is 2.70. The normalized spacial score (nSPS) is 17.0. The molecular formula is C19H18N2O3. The average molecular weight is 322 g/mol. The molecule has 1 atom stereocenters. The number of benzene rings is 2. The van der Waals surface area contributed by atoms with Crippen molar-refractivity contribution in [2.24, 2.45) is 4.99 Å². The summed E-state index contributed by atoms with van der Waals surface area (Å²) in [5.41, 5.74) is 3.23. The Morgan fingerprint density at radius 2 is 1.79 bits per heavy atom. The first kappa shape index (κ1) is 15.9. The molecule has 0 fully saturated rings. The van der Waals surface area contributed by atoms with Gasteiger partial charge in [0.1, 0.15) is 6.04 Å². The third-order valence-electron chi connectivity index (χ3n) is 3.99. The molecule has 0 spiro atoms. The predicted molar refractivity (Wildman–Crippen MR) is 92.6 cm³/mol. The Hall–Kier alpha value is -2.95. The number of carbonyl (C=O) groups is 2. The summed E-state index contributed by atoms with van der Waals surface area (Å²) in [7, 11) is 0. The van der Waals surface area contributed by atoms with Crippen LogP contribution < -0.4 is 4.90 Å². The van der Waals surface area contributed by atoms with Gasteiger partial charge in [-0.1, -0.05) is 48.5 Å². The highest BCUT2D eigenvalue weighted by atomic mass is 16.4. The largest absolute Gasteiger partial charge is 0.481 e. The van der Waals surface area contributed by atoms with Gasteiger partial charge in [-0.3, -0.25) is 14.6 Å². The lowest BCUT2D eigenvalue weighted by Crippen LogP contribution is -2.38. The number of benzodiazepines with no additional fused rings is 1. The zero-order chi connectivity index (χ0) is 17.1. The molecule has 0 saturated heterocycles. The number of nitrogens with zero attached hydrogens (tertiary/aromatic N) is 2. The smallest absolute Gasteiger partial charge is 0.305 e. The quantitative estimate of drug-likeness (QED) is 0.941. The number of anilines is 1. The second-order valence-electron chi connectivity index (χ2n) is 5.67. The minimum Gasteiger partial charge on any atom is -0.481 e. The number of aliphatic carboxylic acids is 1. The molecule has 1 N–H and O–H groups in total. The molecule has 0 saturated carbocycles. The van der Waals surface area contributed by atoms with Crippen LogP contribution in [-0.2, 0) is 9.59 Å². The summed E-state index contributed by atoms with van der Waals surface area (Å²) in [5.74, 6) is -1.11. The van der Waals surface area contributed by atoms with Gasteiger partial charge in [0.05, 0.1) is 17.8 Å². The van der Waals surface area contributed by atoms with E-state index in [0.717, 1.165) is 16.8 Å². The van der Waals surface area contributed by atoms with E-state index in [4.69, 9.17) is 5.11 Å². The lowest BCUT2D eigenvalue weighted by atomic mass is 10.00. The fraction of sp³-hybridized carbons (Fsp3) is 0.211. The highest BCUT2D eigenvalue weighted by Crippen LogP contribution is 2.28. The van der Waals surface area contributed by atoms with Crippen LogP contribution in [0.5, 0.6) is 0 Å². The number of para-hydroxylation sites is 1. The van der Waals surface area contributed by atoms with Crippen LogP contribution in [0.25, 0.3) is 0 Å². The van der Waals surface area contributed by atoms with Crippen molar-refractivity contribution in [3.05, 3.63) is 65.7 Å².